The Kier molecular flexibility index (Phi) is 5.85. The highest BCUT2D eigenvalue weighted by molar-refractivity contribution is 5.82. The molecule has 0 atom stereocenters. The molecule has 0 unspecified atom stereocenters. The van der Waals surface area contributed by atoms with Gasteiger partial charge in [0.2, 0.25) is 5.82 Å². The van der Waals surface area contributed by atoms with E-state index in [9.17, 15) is 4.79 Å². The van der Waals surface area contributed by atoms with Gasteiger partial charge in [0, 0.05) is 0 Å². The molecule has 0 aliphatic rings. The molecule has 6 heteroatoms. The van der Waals surface area contributed by atoms with Crippen molar-refractivity contribution in [1.82, 2.24) is 10.1 Å². The smallest absolute Gasteiger partial charge is 0.318 e. The molecule has 0 saturated heterocycles. The van der Waals surface area contributed by atoms with E-state index in [2.05, 4.69) is 10.1 Å². The van der Waals surface area contributed by atoms with Crippen LogP contribution in [0.15, 0.2) is 89.5 Å². The Labute approximate surface area is 174 Å². The van der Waals surface area contributed by atoms with Crippen LogP contribution in [0.1, 0.15) is 22.9 Å². The molecule has 0 aliphatic carbocycles. The van der Waals surface area contributed by atoms with Gasteiger partial charge in [-0.2, -0.15) is 4.98 Å². The fraction of sp³-hybridized carbons (Fsp3) is 0.125. The lowest BCUT2D eigenvalue weighted by Crippen LogP contribution is -2.17. The molecular weight excluding hydrogens is 380 g/mol. The molecule has 6 nitrogen and oxygen atoms in total. The van der Waals surface area contributed by atoms with E-state index in [0.717, 1.165) is 11.1 Å². The first-order valence-corrected chi connectivity index (χ1v) is 9.49. The van der Waals surface area contributed by atoms with Crippen molar-refractivity contribution in [2.24, 2.45) is 0 Å². The number of para-hydroxylation sites is 1. The molecule has 30 heavy (non-hydrogen) atoms. The molecule has 0 spiro atoms. The summed E-state index contributed by atoms with van der Waals surface area (Å²) in [4.78, 5) is 17.3. The highest BCUT2D eigenvalue weighted by atomic mass is 16.6. The number of hydrogen-bond donors (Lipinski definition) is 0. The molecule has 150 valence electrons. The Morgan fingerprint density at radius 2 is 1.50 bits per heavy atom. The lowest BCUT2D eigenvalue weighted by molar-refractivity contribution is -0.146. The van der Waals surface area contributed by atoms with Crippen LogP contribution in [0, 0.1) is 0 Å². The molecule has 0 fully saturated rings. The first kappa shape index (κ1) is 19.4. The molecule has 0 aliphatic heterocycles. The highest BCUT2D eigenvalue weighted by Gasteiger charge is 2.25. The van der Waals surface area contributed by atoms with Gasteiger partial charge in [-0.3, -0.25) is 4.79 Å². The van der Waals surface area contributed by atoms with E-state index in [1.807, 2.05) is 84.9 Å². The number of carbonyl (C=O) groups is 1. The number of benzene rings is 3. The van der Waals surface area contributed by atoms with Gasteiger partial charge in [0.15, 0.2) is 6.61 Å². The van der Waals surface area contributed by atoms with Crippen molar-refractivity contribution < 1.29 is 18.8 Å². The van der Waals surface area contributed by atoms with Gasteiger partial charge in [-0.15, -0.1) is 0 Å². The summed E-state index contributed by atoms with van der Waals surface area (Å²) >= 11 is 0. The zero-order chi connectivity index (χ0) is 20.8. The highest BCUT2D eigenvalue weighted by Crippen LogP contribution is 2.28. The Hall–Kier alpha value is -3.93. The van der Waals surface area contributed by atoms with Gasteiger partial charge in [-0.25, -0.2) is 0 Å². The van der Waals surface area contributed by atoms with Crippen LogP contribution in [0.25, 0.3) is 11.4 Å². The third-order valence-electron chi connectivity index (χ3n) is 4.66. The Morgan fingerprint density at radius 3 is 2.13 bits per heavy atom. The summed E-state index contributed by atoms with van der Waals surface area (Å²) in [5.74, 6) is 0.300. The zero-order valence-corrected chi connectivity index (χ0v) is 16.4. The summed E-state index contributed by atoms with van der Waals surface area (Å²) in [6.45, 7) is -0.114. The largest absolute Gasteiger partial charge is 0.496 e. The molecule has 0 radical (unpaired) electrons. The standard InChI is InChI=1S/C24H20N2O4/c1-28-20-15-9-8-14-19(20)23-25-21(30-26-23)16-29-24(27)22(17-10-4-2-5-11-17)18-12-6-3-7-13-18/h2-15,22H,16H2,1H3. The second-order valence-corrected chi connectivity index (χ2v) is 6.57. The van der Waals surface area contributed by atoms with E-state index in [4.69, 9.17) is 14.0 Å². The Morgan fingerprint density at radius 1 is 0.900 bits per heavy atom. The minimum Gasteiger partial charge on any atom is -0.496 e. The van der Waals surface area contributed by atoms with Crippen molar-refractivity contribution in [3.8, 4) is 17.1 Å². The summed E-state index contributed by atoms with van der Waals surface area (Å²) in [5.41, 5.74) is 2.41. The van der Waals surface area contributed by atoms with Crippen molar-refractivity contribution in [2.45, 2.75) is 12.5 Å². The van der Waals surface area contributed by atoms with Crippen molar-refractivity contribution >= 4 is 5.97 Å². The number of esters is 1. The lowest BCUT2D eigenvalue weighted by atomic mass is 9.91. The SMILES string of the molecule is COc1ccccc1-c1noc(COC(=O)C(c2ccccc2)c2ccccc2)n1. The average molecular weight is 400 g/mol. The number of methoxy groups -OCH3 is 1. The van der Waals surface area contributed by atoms with E-state index < -0.39 is 5.92 Å². The number of nitrogens with zero attached hydrogens (tertiary/aromatic N) is 2. The first-order chi connectivity index (χ1) is 14.8. The van der Waals surface area contributed by atoms with Gasteiger partial charge in [-0.05, 0) is 23.3 Å². The summed E-state index contributed by atoms with van der Waals surface area (Å²) in [5, 5.41) is 3.98. The second kappa shape index (κ2) is 9.05. The van der Waals surface area contributed by atoms with Crippen molar-refractivity contribution in [3.63, 3.8) is 0 Å². The van der Waals surface area contributed by atoms with Crippen LogP contribution in [-0.2, 0) is 16.1 Å². The third-order valence-corrected chi connectivity index (χ3v) is 4.66. The molecule has 1 aromatic heterocycles. The fourth-order valence-corrected chi connectivity index (χ4v) is 3.22. The van der Waals surface area contributed by atoms with Crippen molar-refractivity contribution in [1.29, 1.82) is 0 Å². The summed E-state index contributed by atoms with van der Waals surface area (Å²) in [6.07, 6.45) is 0. The van der Waals surface area contributed by atoms with E-state index in [1.54, 1.807) is 7.11 Å². The summed E-state index contributed by atoms with van der Waals surface area (Å²) in [7, 11) is 1.58. The van der Waals surface area contributed by atoms with Gasteiger partial charge >= 0.3 is 5.97 Å². The Balaban J connectivity index is 1.51. The van der Waals surface area contributed by atoms with Gasteiger partial charge in [0.05, 0.1) is 12.7 Å². The number of rotatable bonds is 7. The van der Waals surface area contributed by atoms with E-state index in [1.165, 1.54) is 0 Å². The minimum absolute atomic E-state index is 0.114. The fourth-order valence-electron chi connectivity index (χ4n) is 3.22. The topological polar surface area (TPSA) is 74.5 Å². The Bertz CT molecular complexity index is 1070. The maximum absolute atomic E-state index is 13.0. The normalized spacial score (nSPS) is 10.7. The van der Waals surface area contributed by atoms with Crippen LogP contribution in [-0.4, -0.2) is 23.2 Å². The third kappa shape index (κ3) is 4.22. The maximum atomic E-state index is 13.0. The maximum Gasteiger partial charge on any atom is 0.318 e. The number of aromatic nitrogens is 2. The molecular formula is C24H20N2O4. The number of hydrogen-bond acceptors (Lipinski definition) is 6. The second-order valence-electron chi connectivity index (χ2n) is 6.57. The predicted octanol–water partition coefficient (Wildman–Crippen LogP) is 4.62. The molecule has 4 aromatic rings. The molecule has 0 bridgehead atoms. The summed E-state index contributed by atoms with van der Waals surface area (Å²) in [6, 6.07) is 26.4. The first-order valence-electron chi connectivity index (χ1n) is 9.49. The zero-order valence-electron chi connectivity index (χ0n) is 16.4. The van der Waals surface area contributed by atoms with Crippen LogP contribution in [0.4, 0.5) is 0 Å². The monoisotopic (exact) mass is 400 g/mol. The quantitative estimate of drug-likeness (QED) is 0.422. The van der Waals surface area contributed by atoms with Gasteiger partial charge < -0.3 is 14.0 Å². The average Bonchev–Trinajstić information content (AvgIpc) is 3.28. The predicted molar refractivity (Wildman–Crippen MR) is 111 cm³/mol. The van der Waals surface area contributed by atoms with Crippen LogP contribution < -0.4 is 4.74 Å². The van der Waals surface area contributed by atoms with Crippen LogP contribution in [0.3, 0.4) is 0 Å². The lowest BCUT2D eigenvalue weighted by Gasteiger charge is -2.16. The molecule has 0 saturated carbocycles. The van der Waals surface area contributed by atoms with Crippen molar-refractivity contribution in [2.75, 3.05) is 7.11 Å². The molecule has 0 amide bonds. The number of carbonyl (C=O) groups excluding carboxylic acids is 1. The van der Waals surface area contributed by atoms with E-state index in [0.29, 0.717) is 17.1 Å². The summed E-state index contributed by atoms with van der Waals surface area (Å²) < 4.78 is 16.1. The van der Waals surface area contributed by atoms with E-state index in [-0.39, 0.29) is 18.5 Å². The van der Waals surface area contributed by atoms with Crippen LogP contribution >= 0.6 is 0 Å². The molecule has 4 rings (SSSR count). The molecule has 3 aromatic carbocycles. The van der Waals surface area contributed by atoms with Crippen LogP contribution in [0.5, 0.6) is 5.75 Å². The van der Waals surface area contributed by atoms with Gasteiger partial charge in [0.25, 0.3) is 5.89 Å². The van der Waals surface area contributed by atoms with Gasteiger partial charge in [0.1, 0.15) is 11.7 Å². The van der Waals surface area contributed by atoms with Crippen molar-refractivity contribution in [3.05, 3.63) is 102 Å². The molecule has 0 N–H and O–H groups in total. The van der Waals surface area contributed by atoms with E-state index >= 15 is 0 Å². The van der Waals surface area contributed by atoms with Gasteiger partial charge in [-0.1, -0.05) is 78.0 Å². The molecule has 1 heterocycles. The number of ether oxygens (including phenoxy) is 2. The minimum atomic E-state index is -0.538. The van der Waals surface area contributed by atoms with Crippen LogP contribution in [0.2, 0.25) is 0 Å².